The maximum absolute atomic E-state index is 13.7. The monoisotopic (exact) mass is 626 g/mol. The summed E-state index contributed by atoms with van der Waals surface area (Å²) in [5.41, 5.74) is 4.87. The Morgan fingerprint density at radius 3 is 2.20 bits per heavy atom. The van der Waals surface area contributed by atoms with Gasteiger partial charge in [0.05, 0.1) is 24.2 Å². The van der Waals surface area contributed by atoms with Crippen molar-refractivity contribution in [2.45, 2.75) is 33.6 Å². The first-order valence-electron chi connectivity index (χ1n) is 13.4. The number of pyridine rings is 1. The van der Waals surface area contributed by atoms with E-state index in [1.165, 1.54) is 19.2 Å². The molecule has 0 atom stereocenters. The summed E-state index contributed by atoms with van der Waals surface area (Å²) in [5, 5.41) is 11.6. The highest BCUT2D eigenvalue weighted by molar-refractivity contribution is 5.71. The number of H-pyrrole nitrogens is 1. The van der Waals surface area contributed by atoms with E-state index in [9.17, 15) is 23.2 Å². The lowest BCUT2D eigenvalue weighted by Crippen LogP contribution is -2.13. The minimum atomic E-state index is -0.414. The lowest BCUT2D eigenvalue weighted by atomic mass is 10.2. The molecule has 13 heteroatoms. The molecule has 0 saturated carbocycles. The van der Waals surface area contributed by atoms with Crippen LogP contribution in [0, 0.1) is 32.4 Å². The summed E-state index contributed by atoms with van der Waals surface area (Å²) in [6.45, 7) is 6.00. The van der Waals surface area contributed by atoms with E-state index < -0.39 is 5.82 Å². The fraction of sp³-hybridized carbons (Fsp3) is 0.219. The lowest BCUT2D eigenvalue weighted by Gasteiger charge is -2.08. The molecule has 45 heavy (non-hydrogen) atoms. The van der Waals surface area contributed by atoms with Crippen molar-refractivity contribution in [3.8, 4) is 22.9 Å². The van der Waals surface area contributed by atoms with Gasteiger partial charge in [-0.25, -0.2) is 8.78 Å². The van der Waals surface area contributed by atoms with Crippen molar-refractivity contribution >= 4 is 30.9 Å². The number of hydrogen-bond donors (Lipinski definition) is 4. The van der Waals surface area contributed by atoms with Gasteiger partial charge in [0.15, 0.2) is 11.6 Å². The predicted octanol–water partition coefficient (Wildman–Crippen LogP) is 5.71. The maximum atomic E-state index is 13.7. The van der Waals surface area contributed by atoms with Crippen molar-refractivity contribution in [2.75, 3.05) is 19.0 Å². The number of amides is 2. The number of methoxy groups -OCH3 is 1. The summed E-state index contributed by atoms with van der Waals surface area (Å²) >= 11 is 0. The molecule has 2 aromatic carbocycles. The molecule has 0 radical (unpaired) electrons. The first-order valence-corrected chi connectivity index (χ1v) is 13.4. The second-order valence-corrected chi connectivity index (χ2v) is 9.11. The standard InChI is InChI=1S/C17H15FN2O.C8H8FNO.C6H11NO3.CH2O2/c1-11-3-4-14(18)17(8-11)21-13-5-6-19-16(9-13)15-7-12(2)10-20-15;1-6-2-3-7(9)8(4-6)10-5-11;1-10-6(9)3-2-4-7-5-8;2-1-3/h3-10,20H,1-2H3;2-5H,1H3,(H,10,11);5H,2-4H2,1H3,(H,7,8);1H,(H,2,3). The van der Waals surface area contributed by atoms with E-state index in [0.717, 1.165) is 28.1 Å². The average molecular weight is 627 g/mol. The molecule has 0 aliphatic carbocycles. The smallest absolute Gasteiger partial charge is 0.305 e. The molecule has 2 amide bonds. The lowest BCUT2D eigenvalue weighted by molar-refractivity contribution is -0.140. The van der Waals surface area contributed by atoms with Crippen LogP contribution in [0.4, 0.5) is 14.5 Å². The highest BCUT2D eigenvalue weighted by Crippen LogP contribution is 2.28. The van der Waals surface area contributed by atoms with E-state index in [1.807, 2.05) is 33.0 Å². The number of carbonyl (C=O) groups excluding carboxylic acids is 3. The Labute approximate surface area is 259 Å². The first-order chi connectivity index (χ1) is 21.6. The summed E-state index contributed by atoms with van der Waals surface area (Å²) in [7, 11) is 1.34. The van der Waals surface area contributed by atoms with Crippen LogP contribution in [0.5, 0.6) is 11.5 Å². The van der Waals surface area contributed by atoms with Crippen LogP contribution in [0.2, 0.25) is 0 Å². The summed E-state index contributed by atoms with van der Waals surface area (Å²) in [6.07, 6.45) is 5.61. The van der Waals surface area contributed by atoms with Crippen LogP contribution in [0.3, 0.4) is 0 Å². The van der Waals surface area contributed by atoms with E-state index in [4.69, 9.17) is 14.6 Å². The largest absolute Gasteiger partial charge is 0.483 e. The molecule has 0 aliphatic heterocycles. The average Bonchev–Trinajstić information content (AvgIpc) is 3.46. The molecule has 4 aromatic rings. The van der Waals surface area contributed by atoms with Gasteiger partial charge in [0.25, 0.3) is 6.47 Å². The minimum Gasteiger partial charge on any atom is -0.483 e. The van der Waals surface area contributed by atoms with Gasteiger partial charge in [-0.2, -0.15) is 0 Å². The van der Waals surface area contributed by atoms with Crippen LogP contribution in [0.15, 0.2) is 67.0 Å². The van der Waals surface area contributed by atoms with Crippen molar-refractivity contribution in [2.24, 2.45) is 0 Å². The molecule has 0 saturated heterocycles. The van der Waals surface area contributed by atoms with E-state index in [2.05, 4.69) is 25.3 Å². The molecule has 0 spiro atoms. The molecule has 2 aromatic heterocycles. The molecule has 4 rings (SSSR count). The molecular formula is C32H36F2N4O7. The zero-order valence-electron chi connectivity index (χ0n) is 25.3. The highest BCUT2D eigenvalue weighted by Gasteiger charge is 2.08. The number of anilines is 1. The van der Waals surface area contributed by atoms with E-state index in [-0.39, 0.29) is 29.7 Å². The van der Waals surface area contributed by atoms with Crippen LogP contribution in [-0.4, -0.2) is 54.0 Å². The number of carboxylic acid groups (broad SMARTS) is 1. The van der Waals surface area contributed by atoms with E-state index >= 15 is 0 Å². The molecule has 0 fully saturated rings. The summed E-state index contributed by atoms with van der Waals surface area (Å²) in [4.78, 5) is 45.9. The van der Waals surface area contributed by atoms with Gasteiger partial charge in [0.1, 0.15) is 11.6 Å². The molecule has 0 aliphatic rings. The van der Waals surface area contributed by atoms with Gasteiger partial charge in [0.2, 0.25) is 12.8 Å². The Bertz CT molecular complexity index is 1510. The van der Waals surface area contributed by atoms with Gasteiger partial charge < -0.3 is 30.2 Å². The van der Waals surface area contributed by atoms with Gasteiger partial charge in [-0.3, -0.25) is 24.2 Å². The molecular weight excluding hydrogens is 590 g/mol. The number of benzene rings is 2. The Morgan fingerprint density at radius 1 is 0.933 bits per heavy atom. The molecule has 2 heterocycles. The van der Waals surface area contributed by atoms with Crippen molar-refractivity contribution in [1.82, 2.24) is 15.3 Å². The maximum Gasteiger partial charge on any atom is 0.305 e. The van der Waals surface area contributed by atoms with Gasteiger partial charge >= 0.3 is 5.97 Å². The zero-order chi connectivity index (χ0) is 33.6. The minimum absolute atomic E-state index is 0.217. The number of hydrogen-bond acceptors (Lipinski definition) is 7. The number of rotatable bonds is 10. The third-order valence-electron chi connectivity index (χ3n) is 5.50. The van der Waals surface area contributed by atoms with Crippen molar-refractivity contribution < 1.29 is 42.5 Å². The molecule has 0 unspecified atom stereocenters. The number of aromatic nitrogens is 2. The Hall–Kier alpha value is -5.59. The Balaban J connectivity index is 0.000000357. The van der Waals surface area contributed by atoms with E-state index in [1.54, 1.807) is 42.6 Å². The molecule has 4 N–H and O–H groups in total. The summed E-state index contributed by atoms with van der Waals surface area (Å²) in [6, 6.07) is 14.8. The second-order valence-electron chi connectivity index (χ2n) is 9.11. The van der Waals surface area contributed by atoms with Crippen molar-refractivity contribution in [3.05, 3.63) is 95.3 Å². The van der Waals surface area contributed by atoms with Crippen LogP contribution in [0.1, 0.15) is 29.5 Å². The third-order valence-corrected chi connectivity index (χ3v) is 5.50. The van der Waals surface area contributed by atoms with Gasteiger partial charge in [-0.05, 0) is 80.3 Å². The summed E-state index contributed by atoms with van der Waals surface area (Å²) < 4.78 is 36.5. The van der Waals surface area contributed by atoms with Crippen LogP contribution in [0.25, 0.3) is 11.4 Å². The Morgan fingerprint density at radius 2 is 1.60 bits per heavy atom. The predicted molar refractivity (Wildman–Crippen MR) is 165 cm³/mol. The van der Waals surface area contributed by atoms with Crippen LogP contribution >= 0.6 is 0 Å². The van der Waals surface area contributed by atoms with Crippen LogP contribution in [-0.2, 0) is 23.9 Å². The van der Waals surface area contributed by atoms with Gasteiger partial charge in [-0.15, -0.1) is 0 Å². The molecule has 0 bridgehead atoms. The Kier molecular flexibility index (Phi) is 17.6. The second kappa shape index (κ2) is 21.2. The third kappa shape index (κ3) is 14.9. The van der Waals surface area contributed by atoms with Gasteiger partial charge in [0, 0.05) is 31.4 Å². The zero-order valence-corrected chi connectivity index (χ0v) is 25.3. The number of esters is 1. The first kappa shape index (κ1) is 37.4. The fourth-order valence-electron chi connectivity index (χ4n) is 3.40. The van der Waals surface area contributed by atoms with Gasteiger partial charge in [-0.1, -0.05) is 12.1 Å². The van der Waals surface area contributed by atoms with Crippen LogP contribution < -0.4 is 15.4 Å². The number of ether oxygens (including phenoxy) is 2. The quantitative estimate of drug-likeness (QED) is 0.0989. The van der Waals surface area contributed by atoms with E-state index in [0.29, 0.717) is 38.0 Å². The fourth-order valence-corrected chi connectivity index (χ4v) is 3.40. The number of aryl methyl sites for hydroxylation is 3. The molecule has 240 valence electrons. The summed E-state index contributed by atoms with van der Waals surface area (Å²) in [5.74, 6) is -0.267. The normalized spacial score (nSPS) is 9.38. The number of carbonyl (C=O) groups is 4. The highest BCUT2D eigenvalue weighted by atomic mass is 19.1. The van der Waals surface area contributed by atoms with Crippen molar-refractivity contribution in [3.63, 3.8) is 0 Å². The molecule has 11 nitrogen and oxygen atoms in total. The SMILES string of the molecule is COC(=O)CCCNC=O.Cc1c[nH]c(-c2cc(Oc3cc(C)ccc3F)ccn2)c1.Cc1ccc(F)c(NC=O)c1.O=CO. The number of nitrogens with one attached hydrogen (secondary N) is 3. The van der Waals surface area contributed by atoms with Crippen molar-refractivity contribution in [1.29, 1.82) is 0 Å². The topological polar surface area (TPSA) is 160 Å². The number of nitrogens with zero attached hydrogens (tertiary/aromatic N) is 1. The number of aromatic amines is 1. The number of halogens is 2.